The molecule has 2 atom stereocenters. The molecule has 0 saturated carbocycles. The number of aliphatic imine (C=N–C) groups is 1. The van der Waals surface area contributed by atoms with Crippen LogP contribution in [-0.4, -0.2) is 43.9 Å². The molecule has 0 aliphatic carbocycles. The minimum Gasteiger partial charge on any atom is -0.469 e. The molecule has 2 unspecified atom stereocenters. The summed E-state index contributed by atoms with van der Waals surface area (Å²) in [5, 5.41) is 17.2. The molecular weight excluding hydrogens is 469 g/mol. The number of ether oxygens (including phenoxy) is 1. The lowest BCUT2D eigenvalue weighted by Gasteiger charge is -2.16. The molecule has 2 heterocycles. The molecule has 0 radical (unpaired) electrons. The highest BCUT2D eigenvalue weighted by molar-refractivity contribution is 14.0. The monoisotopic (exact) mass is 499 g/mol. The summed E-state index contributed by atoms with van der Waals surface area (Å²) in [7, 11) is 0. The van der Waals surface area contributed by atoms with Crippen molar-refractivity contribution in [3.8, 4) is 0 Å². The Morgan fingerprint density at radius 3 is 2.89 bits per heavy atom. The minimum absolute atomic E-state index is 0. The van der Waals surface area contributed by atoms with E-state index in [9.17, 15) is 5.11 Å². The highest BCUT2D eigenvalue weighted by atomic mass is 127. The molecule has 1 aromatic carbocycles. The van der Waals surface area contributed by atoms with Crippen LogP contribution < -0.4 is 10.6 Å². The zero-order chi connectivity index (χ0) is 18.9. The van der Waals surface area contributed by atoms with Gasteiger partial charge in [0.1, 0.15) is 5.76 Å². The van der Waals surface area contributed by atoms with E-state index in [2.05, 4.69) is 15.6 Å². The van der Waals surface area contributed by atoms with Crippen molar-refractivity contribution in [1.82, 2.24) is 10.6 Å². The van der Waals surface area contributed by atoms with E-state index in [1.807, 2.05) is 43.3 Å². The second-order valence-electron chi connectivity index (χ2n) is 6.99. The predicted molar refractivity (Wildman–Crippen MR) is 121 cm³/mol. The summed E-state index contributed by atoms with van der Waals surface area (Å²) in [6.45, 7) is 5.47. The number of aliphatic hydroxyl groups excluding tert-OH is 1. The van der Waals surface area contributed by atoms with Gasteiger partial charge in [0, 0.05) is 32.0 Å². The van der Waals surface area contributed by atoms with Crippen molar-refractivity contribution in [3.05, 3.63) is 59.5 Å². The number of nitrogens with zero attached hydrogens (tertiary/aromatic N) is 1. The average molecular weight is 499 g/mol. The van der Waals surface area contributed by atoms with E-state index in [0.717, 1.165) is 49.5 Å². The molecule has 154 valence electrons. The molecule has 3 N–H and O–H groups in total. The number of halogens is 1. The van der Waals surface area contributed by atoms with Crippen LogP contribution in [0.2, 0.25) is 0 Å². The lowest BCUT2D eigenvalue weighted by Crippen LogP contribution is -2.41. The predicted octanol–water partition coefficient (Wildman–Crippen LogP) is 3.05. The topological polar surface area (TPSA) is 79.0 Å². The first-order valence-electron chi connectivity index (χ1n) is 9.57. The van der Waals surface area contributed by atoms with E-state index in [4.69, 9.17) is 9.15 Å². The largest absolute Gasteiger partial charge is 0.469 e. The summed E-state index contributed by atoms with van der Waals surface area (Å²) in [5.41, 5.74) is 2.02. The summed E-state index contributed by atoms with van der Waals surface area (Å²) < 4.78 is 10.8. The number of benzene rings is 1. The zero-order valence-corrected chi connectivity index (χ0v) is 18.6. The maximum atomic E-state index is 10.5. The molecule has 0 spiro atoms. The van der Waals surface area contributed by atoms with Crippen LogP contribution in [0, 0.1) is 12.8 Å². The highest BCUT2D eigenvalue weighted by Gasteiger charge is 2.16. The fourth-order valence-electron chi connectivity index (χ4n) is 3.08. The summed E-state index contributed by atoms with van der Waals surface area (Å²) >= 11 is 0. The van der Waals surface area contributed by atoms with Crippen LogP contribution >= 0.6 is 24.0 Å². The molecule has 28 heavy (non-hydrogen) atoms. The van der Waals surface area contributed by atoms with Gasteiger partial charge in [-0.2, -0.15) is 0 Å². The Balaban J connectivity index is 0.00000280. The van der Waals surface area contributed by atoms with Crippen molar-refractivity contribution >= 4 is 29.9 Å². The van der Waals surface area contributed by atoms with Gasteiger partial charge < -0.3 is 24.9 Å². The Morgan fingerprint density at radius 2 is 2.18 bits per heavy atom. The second-order valence-corrected chi connectivity index (χ2v) is 6.99. The van der Waals surface area contributed by atoms with Gasteiger partial charge in [-0.05, 0) is 31.0 Å². The smallest absolute Gasteiger partial charge is 0.191 e. The molecule has 0 bridgehead atoms. The van der Waals surface area contributed by atoms with Crippen LogP contribution in [-0.2, 0) is 11.2 Å². The van der Waals surface area contributed by atoms with Gasteiger partial charge in [0.25, 0.3) is 0 Å². The lowest BCUT2D eigenvalue weighted by molar-refractivity contribution is 0.185. The number of nitrogens with one attached hydrogen (secondary N) is 2. The molecule has 1 aromatic heterocycles. The van der Waals surface area contributed by atoms with Crippen molar-refractivity contribution in [1.29, 1.82) is 0 Å². The third-order valence-corrected chi connectivity index (χ3v) is 4.68. The minimum atomic E-state index is -0.622. The molecule has 0 amide bonds. The SMILES string of the molecule is Cc1cccc(C(O)CN=C(NCCc2ccco2)NCC2CCOC2)c1.I. The van der Waals surface area contributed by atoms with Crippen LogP contribution in [0.4, 0.5) is 0 Å². The Labute approximate surface area is 183 Å². The van der Waals surface area contributed by atoms with Crippen molar-refractivity contribution in [3.63, 3.8) is 0 Å². The quantitative estimate of drug-likeness (QED) is 0.296. The summed E-state index contributed by atoms with van der Waals surface area (Å²) in [4.78, 5) is 4.58. The fourth-order valence-corrected chi connectivity index (χ4v) is 3.08. The van der Waals surface area contributed by atoms with E-state index >= 15 is 0 Å². The van der Waals surface area contributed by atoms with Gasteiger partial charge in [-0.3, -0.25) is 4.99 Å². The van der Waals surface area contributed by atoms with Gasteiger partial charge in [-0.25, -0.2) is 0 Å². The van der Waals surface area contributed by atoms with Crippen LogP contribution in [0.5, 0.6) is 0 Å². The first kappa shape index (κ1) is 22.7. The zero-order valence-electron chi connectivity index (χ0n) is 16.3. The van der Waals surface area contributed by atoms with Crippen LogP contribution in [0.15, 0.2) is 52.1 Å². The number of furan rings is 1. The van der Waals surface area contributed by atoms with Crippen molar-refractivity contribution < 1.29 is 14.3 Å². The van der Waals surface area contributed by atoms with Gasteiger partial charge in [0.15, 0.2) is 5.96 Å². The van der Waals surface area contributed by atoms with Crippen molar-refractivity contribution in [2.24, 2.45) is 10.9 Å². The molecule has 1 aliphatic heterocycles. The molecule has 7 heteroatoms. The van der Waals surface area contributed by atoms with Crippen molar-refractivity contribution in [2.75, 3.05) is 32.8 Å². The van der Waals surface area contributed by atoms with Gasteiger partial charge >= 0.3 is 0 Å². The molecule has 3 rings (SSSR count). The number of aryl methyl sites for hydroxylation is 1. The van der Waals surface area contributed by atoms with Crippen LogP contribution in [0.1, 0.15) is 29.4 Å². The van der Waals surface area contributed by atoms with Gasteiger partial charge in [0.2, 0.25) is 0 Å². The highest BCUT2D eigenvalue weighted by Crippen LogP contribution is 2.14. The maximum absolute atomic E-state index is 10.5. The maximum Gasteiger partial charge on any atom is 0.191 e. The Morgan fingerprint density at radius 1 is 1.29 bits per heavy atom. The molecule has 2 aromatic rings. The molecule has 1 saturated heterocycles. The molecule has 1 fully saturated rings. The number of rotatable bonds is 8. The standard InChI is InChI=1S/C21H29N3O3.HI/c1-16-4-2-5-18(12-16)20(25)14-24-21(23-13-17-8-11-26-15-17)22-9-7-19-6-3-10-27-19;/h2-6,10,12,17,20,25H,7-9,11,13-15H2,1H3,(H2,22,23,24);1H. The van der Waals surface area contributed by atoms with E-state index in [-0.39, 0.29) is 24.0 Å². The van der Waals surface area contributed by atoms with Crippen LogP contribution in [0.3, 0.4) is 0 Å². The number of guanidine groups is 1. The Bertz CT molecular complexity index is 715. The summed E-state index contributed by atoms with van der Waals surface area (Å²) in [6, 6.07) is 11.8. The lowest BCUT2D eigenvalue weighted by atomic mass is 10.1. The average Bonchev–Trinajstić information content (AvgIpc) is 3.37. The third-order valence-electron chi connectivity index (χ3n) is 4.68. The summed E-state index contributed by atoms with van der Waals surface area (Å²) in [5.74, 6) is 2.15. The number of hydrogen-bond donors (Lipinski definition) is 3. The van der Waals surface area contributed by atoms with Crippen molar-refractivity contribution in [2.45, 2.75) is 25.9 Å². The third kappa shape index (κ3) is 7.44. The Hall–Kier alpha value is -1.58. The van der Waals surface area contributed by atoms with Crippen LogP contribution in [0.25, 0.3) is 0 Å². The normalized spacial score (nSPS) is 17.8. The first-order chi connectivity index (χ1) is 13.2. The van der Waals surface area contributed by atoms with E-state index in [1.54, 1.807) is 6.26 Å². The molecule has 1 aliphatic rings. The first-order valence-corrected chi connectivity index (χ1v) is 9.57. The number of aliphatic hydroxyl groups is 1. The Kier molecular flexibility index (Phi) is 9.80. The second kappa shape index (κ2) is 12.1. The number of hydrogen-bond acceptors (Lipinski definition) is 4. The van der Waals surface area contributed by atoms with Gasteiger partial charge in [-0.1, -0.05) is 29.8 Å². The fraction of sp³-hybridized carbons (Fsp3) is 0.476. The van der Waals surface area contributed by atoms with E-state index < -0.39 is 6.10 Å². The van der Waals surface area contributed by atoms with E-state index in [0.29, 0.717) is 25.0 Å². The summed E-state index contributed by atoms with van der Waals surface area (Å²) in [6.07, 6.45) is 2.91. The molecular formula is C21H30IN3O3. The molecule has 6 nitrogen and oxygen atoms in total. The van der Waals surface area contributed by atoms with Gasteiger partial charge in [0.05, 0.1) is 25.5 Å². The van der Waals surface area contributed by atoms with Gasteiger partial charge in [-0.15, -0.1) is 24.0 Å². The van der Waals surface area contributed by atoms with E-state index in [1.165, 1.54) is 0 Å².